The van der Waals surface area contributed by atoms with Gasteiger partial charge in [0.2, 0.25) is 5.82 Å². The summed E-state index contributed by atoms with van der Waals surface area (Å²) in [6, 6.07) is 15.9. The lowest BCUT2D eigenvalue weighted by Crippen LogP contribution is -2.26. The summed E-state index contributed by atoms with van der Waals surface area (Å²) in [6.07, 6.45) is 0. The lowest BCUT2D eigenvalue weighted by Gasteiger charge is -2.11. The second-order valence-electron chi connectivity index (χ2n) is 8.89. The zero-order valence-electron chi connectivity index (χ0n) is 21.8. The van der Waals surface area contributed by atoms with Crippen LogP contribution in [0.4, 0.5) is 22.0 Å². The first kappa shape index (κ1) is 28.1. The third-order valence-electron chi connectivity index (χ3n) is 6.36. The summed E-state index contributed by atoms with van der Waals surface area (Å²) in [5.74, 6) is -14.3. The van der Waals surface area contributed by atoms with Crippen molar-refractivity contribution >= 4 is 5.57 Å². The minimum atomic E-state index is -2.42. The molecule has 2 aliphatic heterocycles. The van der Waals surface area contributed by atoms with Crippen LogP contribution >= 0.6 is 0 Å². The SMILES string of the molecule is N#CC(C#N)=C1N=c2ccc(-c3nc(C(C#N)=C4N=c5ccccc5=N4)nc(-c4c(F)c(F)c(F)c(F)c4F)n3)c(C#N)c2=N1. The van der Waals surface area contributed by atoms with Crippen LogP contribution in [0.25, 0.3) is 28.3 Å². The van der Waals surface area contributed by atoms with Gasteiger partial charge in [0.1, 0.15) is 35.2 Å². The minimum Gasteiger partial charge on any atom is -0.226 e. The fraction of sp³-hybridized carbons (Fsp3) is 0. The average Bonchev–Trinajstić information content (AvgIpc) is 3.68. The lowest BCUT2D eigenvalue weighted by atomic mass is 10.1. The minimum absolute atomic E-state index is 0.0729. The standard InChI is InChI=1S/C29H6F5N11/c30-19-18(20(31)22(33)23(34)21(19)32)29-44-26(12-5-6-17-24(13(12)9-37)42-25(41-17)11(7-35)8-36)43-28(45-29)14(10-38)27-39-15-3-1-2-4-16(15)40-27/h1-6H. The van der Waals surface area contributed by atoms with Crippen LogP contribution in [-0.2, 0) is 0 Å². The maximum Gasteiger partial charge on any atom is 0.200 e. The predicted molar refractivity (Wildman–Crippen MR) is 137 cm³/mol. The van der Waals surface area contributed by atoms with Crippen molar-refractivity contribution in [1.29, 1.82) is 21.0 Å². The summed E-state index contributed by atoms with van der Waals surface area (Å²) in [7, 11) is 0. The van der Waals surface area contributed by atoms with Crippen molar-refractivity contribution in [3.8, 4) is 47.1 Å². The summed E-state index contributed by atoms with van der Waals surface area (Å²) in [4.78, 5) is 28.6. The Balaban J connectivity index is 1.69. The number of para-hydroxylation sites is 2. The van der Waals surface area contributed by atoms with Crippen molar-refractivity contribution in [2.45, 2.75) is 0 Å². The highest BCUT2D eigenvalue weighted by Crippen LogP contribution is 2.32. The zero-order chi connectivity index (χ0) is 32.0. The van der Waals surface area contributed by atoms with Gasteiger partial charge in [-0.25, -0.2) is 56.9 Å². The predicted octanol–water partition coefficient (Wildman–Crippen LogP) is 2.43. The van der Waals surface area contributed by atoms with Crippen molar-refractivity contribution in [2.75, 3.05) is 0 Å². The van der Waals surface area contributed by atoms with E-state index in [-0.39, 0.29) is 33.5 Å². The maximum absolute atomic E-state index is 15.0. The van der Waals surface area contributed by atoms with E-state index in [1.807, 2.05) is 6.07 Å². The van der Waals surface area contributed by atoms with Crippen LogP contribution < -0.4 is 21.4 Å². The first-order valence-corrected chi connectivity index (χ1v) is 12.2. The molecule has 0 fully saturated rings. The number of aromatic nitrogens is 3. The van der Waals surface area contributed by atoms with Gasteiger partial charge < -0.3 is 0 Å². The van der Waals surface area contributed by atoms with Gasteiger partial charge in [-0.2, -0.15) is 21.0 Å². The molecule has 1 aromatic heterocycles. The molecule has 16 heteroatoms. The summed E-state index contributed by atoms with van der Waals surface area (Å²) in [5, 5.41) is 39.1. The molecule has 0 saturated carbocycles. The fourth-order valence-corrected chi connectivity index (χ4v) is 4.30. The van der Waals surface area contributed by atoms with Gasteiger partial charge in [0, 0.05) is 5.56 Å². The van der Waals surface area contributed by atoms with Crippen LogP contribution in [0.3, 0.4) is 0 Å². The topological polar surface area (TPSA) is 183 Å². The number of benzene rings is 3. The van der Waals surface area contributed by atoms with E-state index in [2.05, 4.69) is 34.9 Å². The van der Waals surface area contributed by atoms with Crippen molar-refractivity contribution in [3.63, 3.8) is 0 Å². The molecule has 0 bridgehead atoms. The molecule has 3 aromatic carbocycles. The second kappa shape index (κ2) is 10.7. The third-order valence-corrected chi connectivity index (χ3v) is 6.36. The highest BCUT2D eigenvalue weighted by molar-refractivity contribution is 5.78. The number of halogens is 5. The molecule has 2 aliphatic rings. The van der Waals surface area contributed by atoms with Gasteiger partial charge in [-0.1, -0.05) is 12.1 Å². The van der Waals surface area contributed by atoms with Gasteiger partial charge in [0.25, 0.3) is 0 Å². The van der Waals surface area contributed by atoms with E-state index >= 15 is 0 Å². The number of fused-ring (bicyclic) bond motifs is 2. The van der Waals surface area contributed by atoms with Gasteiger partial charge in [0.05, 0.1) is 27.2 Å². The van der Waals surface area contributed by atoms with Crippen LogP contribution in [0.15, 0.2) is 73.6 Å². The third kappa shape index (κ3) is 4.43. The molecule has 0 saturated heterocycles. The number of allylic oxidation sites excluding steroid dienone is 2. The molecular formula is C29H6F5N11. The molecule has 0 N–H and O–H groups in total. The largest absolute Gasteiger partial charge is 0.226 e. The van der Waals surface area contributed by atoms with Gasteiger partial charge in [-0.05, 0) is 24.3 Å². The normalized spacial score (nSPS) is 12.2. The van der Waals surface area contributed by atoms with E-state index < -0.39 is 63.3 Å². The van der Waals surface area contributed by atoms with Gasteiger partial charge in [-0.15, -0.1) is 0 Å². The number of rotatable bonds is 3. The molecule has 0 amide bonds. The van der Waals surface area contributed by atoms with Crippen molar-refractivity contribution in [2.24, 2.45) is 20.0 Å². The van der Waals surface area contributed by atoms with Gasteiger partial charge >= 0.3 is 0 Å². The smallest absolute Gasteiger partial charge is 0.200 e. The van der Waals surface area contributed by atoms with Crippen molar-refractivity contribution in [3.05, 3.63) is 116 Å². The van der Waals surface area contributed by atoms with E-state index in [0.717, 1.165) is 0 Å². The first-order chi connectivity index (χ1) is 21.7. The van der Waals surface area contributed by atoms with E-state index in [1.54, 1.807) is 42.5 Å². The number of hydrogen-bond acceptors (Lipinski definition) is 11. The summed E-state index contributed by atoms with van der Waals surface area (Å²) >= 11 is 0. The molecule has 0 aliphatic carbocycles. The zero-order valence-corrected chi connectivity index (χ0v) is 21.8. The Morgan fingerprint density at radius 2 is 1.16 bits per heavy atom. The molecule has 6 rings (SSSR count). The van der Waals surface area contributed by atoms with Gasteiger partial charge in [-0.3, -0.25) is 0 Å². The summed E-state index contributed by atoms with van der Waals surface area (Å²) in [6.45, 7) is 0. The Morgan fingerprint density at radius 3 is 1.73 bits per heavy atom. The van der Waals surface area contributed by atoms with Crippen LogP contribution in [0.2, 0.25) is 0 Å². The monoisotopic (exact) mass is 603 g/mol. The van der Waals surface area contributed by atoms with Crippen molar-refractivity contribution < 1.29 is 22.0 Å². The average molecular weight is 603 g/mol. The Morgan fingerprint density at radius 1 is 0.578 bits per heavy atom. The summed E-state index contributed by atoms with van der Waals surface area (Å²) in [5.41, 5.74) is -2.93. The molecule has 0 atom stereocenters. The molecule has 0 radical (unpaired) electrons. The molecule has 11 nitrogen and oxygen atoms in total. The molecule has 212 valence electrons. The molecule has 0 unspecified atom stereocenters. The number of nitrogens with zero attached hydrogens (tertiary/aromatic N) is 11. The molecule has 45 heavy (non-hydrogen) atoms. The first-order valence-electron chi connectivity index (χ1n) is 12.2. The van der Waals surface area contributed by atoms with Crippen LogP contribution in [0, 0.1) is 74.4 Å². The van der Waals surface area contributed by atoms with Crippen LogP contribution in [0.5, 0.6) is 0 Å². The Kier molecular flexibility index (Phi) is 6.66. The fourth-order valence-electron chi connectivity index (χ4n) is 4.30. The van der Waals surface area contributed by atoms with E-state index in [1.165, 1.54) is 12.1 Å². The lowest BCUT2D eigenvalue weighted by molar-refractivity contribution is 0.380. The highest BCUT2D eigenvalue weighted by atomic mass is 19.2. The second-order valence-corrected chi connectivity index (χ2v) is 8.89. The highest BCUT2D eigenvalue weighted by Gasteiger charge is 2.30. The van der Waals surface area contributed by atoms with E-state index in [9.17, 15) is 43.0 Å². The number of hydrogen-bond donors (Lipinski definition) is 0. The number of nitriles is 4. The summed E-state index contributed by atoms with van der Waals surface area (Å²) < 4.78 is 72.2. The molecule has 3 heterocycles. The van der Waals surface area contributed by atoms with Crippen molar-refractivity contribution in [1.82, 2.24) is 15.0 Å². The van der Waals surface area contributed by atoms with Gasteiger partial charge in [0.15, 0.2) is 58.0 Å². The Hall–Kier alpha value is -7.04. The Labute approximate surface area is 246 Å². The van der Waals surface area contributed by atoms with E-state index in [0.29, 0.717) is 10.7 Å². The quantitative estimate of drug-likeness (QED) is 0.149. The molecule has 4 aromatic rings. The molecule has 0 spiro atoms. The van der Waals surface area contributed by atoms with Crippen LogP contribution in [-0.4, -0.2) is 15.0 Å². The van der Waals surface area contributed by atoms with E-state index in [4.69, 9.17) is 0 Å². The van der Waals surface area contributed by atoms with Crippen LogP contribution in [0.1, 0.15) is 11.4 Å². The Bertz CT molecular complexity index is 2470. The maximum atomic E-state index is 15.0. The molecular weight excluding hydrogens is 597 g/mol.